The lowest BCUT2D eigenvalue weighted by Crippen LogP contribution is -2.35. The third-order valence-electron chi connectivity index (χ3n) is 6.03. The first-order valence-corrected chi connectivity index (χ1v) is 11.8. The van der Waals surface area contributed by atoms with Gasteiger partial charge in [-0.3, -0.25) is 14.9 Å². The minimum absolute atomic E-state index is 0.118. The zero-order valence-corrected chi connectivity index (χ0v) is 20.6. The highest BCUT2D eigenvalue weighted by Crippen LogP contribution is 2.49. The number of phenols is 2. The summed E-state index contributed by atoms with van der Waals surface area (Å²) in [5, 5.41) is 43.4. The van der Waals surface area contributed by atoms with Crippen LogP contribution in [0.3, 0.4) is 0 Å². The molecule has 1 saturated heterocycles. The molecule has 0 spiro atoms. The minimum Gasteiger partial charge on any atom is -0.508 e. The van der Waals surface area contributed by atoms with Crippen LogP contribution in [0.1, 0.15) is 39.0 Å². The Balaban J connectivity index is 1.92. The van der Waals surface area contributed by atoms with Gasteiger partial charge in [-0.05, 0) is 67.8 Å². The Morgan fingerprint density at radius 1 is 0.912 bits per heavy atom. The van der Waals surface area contributed by atoms with Crippen LogP contribution in [0.5, 0.6) is 11.5 Å². The second-order valence-electron chi connectivity index (χ2n) is 7.95. The van der Waals surface area contributed by atoms with Crippen LogP contribution in [-0.4, -0.2) is 33.1 Å². The summed E-state index contributed by atoms with van der Waals surface area (Å²) in [5.74, 6) is -3.73. The number of hydrogen-bond donors (Lipinski definition) is 4. The molecule has 4 unspecified atom stereocenters. The predicted octanol–water partition coefficient (Wildman–Crippen LogP) is 4.87. The van der Waals surface area contributed by atoms with E-state index in [2.05, 4.69) is 37.2 Å². The molecule has 3 aromatic rings. The molecule has 34 heavy (non-hydrogen) atoms. The standard InChI is InChI=1S/C25H18Br2N2O5/c26-16-9-15(19(31)10-17(16)27)22-21(24(32)13-7-5-12(11-28)6-8-13)20(23(29-22)25(33)34)14-3-1-2-4-18(14)30/h1-10,20-23,29-31H,(H,33,34). The molecule has 1 aliphatic rings. The molecule has 7 nitrogen and oxygen atoms in total. The van der Waals surface area contributed by atoms with E-state index in [1.165, 1.54) is 36.4 Å². The normalized spacial score (nSPS) is 21.7. The summed E-state index contributed by atoms with van der Waals surface area (Å²) in [5.41, 5.74) is 1.32. The number of carbonyl (C=O) groups excluding carboxylic acids is 1. The fourth-order valence-corrected chi connectivity index (χ4v) is 5.18. The Hall–Kier alpha value is -3.19. The summed E-state index contributed by atoms with van der Waals surface area (Å²) >= 11 is 6.73. The van der Waals surface area contributed by atoms with Crippen molar-refractivity contribution in [1.29, 1.82) is 5.26 Å². The number of aromatic hydroxyl groups is 2. The van der Waals surface area contributed by atoms with Gasteiger partial charge in [-0.15, -0.1) is 0 Å². The predicted molar refractivity (Wildman–Crippen MR) is 131 cm³/mol. The van der Waals surface area contributed by atoms with Crippen molar-refractivity contribution in [2.45, 2.75) is 18.0 Å². The number of benzene rings is 3. The number of hydrogen-bond acceptors (Lipinski definition) is 6. The molecule has 0 amide bonds. The highest BCUT2D eigenvalue weighted by Gasteiger charge is 2.52. The van der Waals surface area contributed by atoms with E-state index in [0.717, 1.165) is 0 Å². The number of aliphatic carboxylic acids is 1. The topological polar surface area (TPSA) is 131 Å². The monoisotopic (exact) mass is 584 g/mol. The number of nitrogens with zero attached hydrogens (tertiary/aromatic N) is 1. The van der Waals surface area contributed by atoms with Gasteiger partial charge in [-0.2, -0.15) is 5.26 Å². The number of carboxylic acids is 1. The van der Waals surface area contributed by atoms with Crippen molar-refractivity contribution >= 4 is 43.6 Å². The highest BCUT2D eigenvalue weighted by molar-refractivity contribution is 9.13. The number of Topliss-reactive ketones (excluding diaryl/α,β-unsaturated/α-hetero) is 1. The van der Waals surface area contributed by atoms with Gasteiger partial charge in [0, 0.05) is 32.0 Å². The number of halogens is 2. The van der Waals surface area contributed by atoms with E-state index in [1.54, 1.807) is 24.3 Å². The molecule has 1 fully saturated rings. The Labute approximate surface area is 211 Å². The average molecular weight is 586 g/mol. The third kappa shape index (κ3) is 4.32. The van der Waals surface area contributed by atoms with Crippen molar-refractivity contribution in [3.63, 3.8) is 0 Å². The Bertz CT molecular complexity index is 1320. The number of carboxylic acid groups (broad SMARTS) is 1. The number of para-hydroxylation sites is 1. The molecule has 0 radical (unpaired) electrons. The molecule has 172 valence electrons. The van der Waals surface area contributed by atoms with Crippen LogP contribution in [-0.2, 0) is 4.79 Å². The van der Waals surface area contributed by atoms with Crippen LogP contribution in [0.15, 0.2) is 69.6 Å². The van der Waals surface area contributed by atoms with E-state index in [-0.39, 0.29) is 22.8 Å². The van der Waals surface area contributed by atoms with Gasteiger partial charge >= 0.3 is 5.97 Å². The second-order valence-corrected chi connectivity index (χ2v) is 9.66. The van der Waals surface area contributed by atoms with Gasteiger partial charge < -0.3 is 15.3 Å². The second kappa shape index (κ2) is 9.58. The Kier molecular flexibility index (Phi) is 6.75. The molecule has 0 aliphatic carbocycles. The molecule has 4 N–H and O–H groups in total. The van der Waals surface area contributed by atoms with Crippen LogP contribution in [0.2, 0.25) is 0 Å². The minimum atomic E-state index is -1.22. The molecule has 0 bridgehead atoms. The van der Waals surface area contributed by atoms with Gasteiger partial charge in [-0.25, -0.2) is 0 Å². The van der Waals surface area contributed by atoms with Crippen LogP contribution < -0.4 is 5.32 Å². The molecule has 4 atom stereocenters. The molecule has 0 aromatic heterocycles. The molecule has 0 saturated carbocycles. The van der Waals surface area contributed by atoms with Crippen LogP contribution in [0.25, 0.3) is 0 Å². The van der Waals surface area contributed by atoms with Crippen molar-refractivity contribution in [3.8, 4) is 17.6 Å². The zero-order valence-electron chi connectivity index (χ0n) is 17.4. The molecular formula is C25H18Br2N2O5. The van der Waals surface area contributed by atoms with Crippen molar-refractivity contribution in [2.75, 3.05) is 0 Å². The maximum Gasteiger partial charge on any atom is 0.321 e. The first kappa shape index (κ1) is 24.0. The molecule has 3 aromatic carbocycles. The summed E-state index contributed by atoms with van der Waals surface area (Å²) in [6.07, 6.45) is 0. The first-order valence-electron chi connectivity index (χ1n) is 10.2. The zero-order chi connectivity index (χ0) is 24.6. The molecule has 4 rings (SSSR count). The maximum absolute atomic E-state index is 13.9. The number of ketones is 1. The maximum atomic E-state index is 13.9. The number of phenolic OH excluding ortho intramolecular Hbond substituents is 2. The number of carbonyl (C=O) groups is 2. The third-order valence-corrected chi connectivity index (χ3v) is 7.88. The van der Waals surface area contributed by atoms with Crippen LogP contribution in [0, 0.1) is 17.2 Å². The SMILES string of the molecule is N#Cc1ccc(C(=O)C2C(c3cc(Br)c(Br)cc3O)NC(C(=O)O)C2c2ccccc2O)cc1. The van der Waals surface area contributed by atoms with Crippen molar-refractivity contribution < 1.29 is 24.9 Å². The quantitative estimate of drug-likeness (QED) is 0.314. The lowest BCUT2D eigenvalue weighted by atomic mass is 9.75. The van der Waals surface area contributed by atoms with E-state index < -0.39 is 29.9 Å². The van der Waals surface area contributed by atoms with E-state index in [0.29, 0.717) is 25.6 Å². The van der Waals surface area contributed by atoms with Gasteiger partial charge in [0.25, 0.3) is 0 Å². The van der Waals surface area contributed by atoms with Crippen molar-refractivity contribution in [1.82, 2.24) is 5.32 Å². The van der Waals surface area contributed by atoms with Gasteiger partial charge in [-0.1, -0.05) is 30.3 Å². The van der Waals surface area contributed by atoms with Crippen LogP contribution >= 0.6 is 31.9 Å². The first-order chi connectivity index (χ1) is 16.2. The fourth-order valence-electron chi connectivity index (χ4n) is 4.48. The summed E-state index contributed by atoms with van der Waals surface area (Å²) in [6.45, 7) is 0. The lowest BCUT2D eigenvalue weighted by Gasteiger charge is -2.25. The number of rotatable bonds is 5. The number of nitrogens with one attached hydrogen (secondary N) is 1. The molecule has 1 heterocycles. The van der Waals surface area contributed by atoms with Gasteiger partial charge in [0.1, 0.15) is 17.5 Å². The largest absolute Gasteiger partial charge is 0.508 e. The van der Waals surface area contributed by atoms with E-state index >= 15 is 0 Å². The van der Waals surface area contributed by atoms with E-state index in [4.69, 9.17) is 5.26 Å². The van der Waals surface area contributed by atoms with Crippen molar-refractivity contribution in [3.05, 3.63) is 91.9 Å². The highest BCUT2D eigenvalue weighted by atomic mass is 79.9. The van der Waals surface area contributed by atoms with Crippen molar-refractivity contribution in [2.24, 2.45) is 5.92 Å². The molecule has 1 aliphatic heterocycles. The van der Waals surface area contributed by atoms with Gasteiger partial charge in [0.2, 0.25) is 0 Å². The van der Waals surface area contributed by atoms with Gasteiger partial charge in [0.05, 0.1) is 17.6 Å². The number of nitriles is 1. The Morgan fingerprint density at radius 2 is 1.56 bits per heavy atom. The summed E-state index contributed by atoms with van der Waals surface area (Å²) in [6, 6.07) is 15.4. The van der Waals surface area contributed by atoms with Crippen LogP contribution in [0.4, 0.5) is 0 Å². The average Bonchev–Trinajstić information content (AvgIpc) is 3.21. The summed E-state index contributed by atoms with van der Waals surface area (Å²) in [4.78, 5) is 26.2. The molecule has 9 heteroatoms. The van der Waals surface area contributed by atoms with Gasteiger partial charge in [0.15, 0.2) is 5.78 Å². The summed E-state index contributed by atoms with van der Waals surface area (Å²) in [7, 11) is 0. The summed E-state index contributed by atoms with van der Waals surface area (Å²) < 4.78 is 1.21. The van der Waals surface area contributed by atoms with E-state index in [1.807, 2.05) is 6.07 Å². The lowest BCUT2D eigenvalue weighted by molar-refractivity contribution is -0.139. The smallest absolute Gasteiger partial charge is 0.321 e. The van der Waals surface area contributed by atoms with E-state index in [9.17, 15) is 24.9 Å². The molecular weight excluding hydrogens is 568 g/mol. The Morgan fingerprint density at radius 3 is 2.18 bits per heavy atom. The fraction of sp³-hybridized carbons (Fsp3) is 0.160.